The van der Waals surface area contributed by atoms with Crippen LogP contribution in [-0.2, 0) is 4.79 Å². The number of halogens is 1. The number of rotatable bonds is 6. The van der Waals surface area contributed by atoms with E-state index in [4.69, 9.17) is 0 Å². The Morgan fingerprint density at radius 2 is 1.92 bits per heavy atom. The quantitative estimate of drug-likeness (QED) is 0.403. The van der Waals surface area contributed by atoms with Crippen LogP contribution in [0.25, 0.3) is 0 Å². The van der Waals surface area contributed by atoms with Gasteiger partial charge in [0.1, 0.15) is 6.04 Å². The fourth-order valence-electron chi connectivity index (χ4n) is 2.29. The fraction of sp³-hybridized carbons (Fsp3) is 0.263. The van der Waals surface area contributed by atoms with Crippen LogP contribution in [-0.4, -0.2) is 17.7 Å². The van der Waals surface area contributed by atoms with Crippen molar-refractivity contribution in [2.75, 3.05) is 5.32 Å². The van der Waals surface area contributed by atoms with Crippen molar-refractivity contribution >= 4 is 39.9 Å². The number of carbonyl (C=O) groups is 1. The van der Waals surface area contributed by atoms with E-state index < -0.39 is 0 Å². The molecular weight excluding hydrogens is 413 g/mol. The number of nitrogens with zero attached hydrogens (tertiary/aromatic N) is 1. The minimum atomic E-state index is -0.323. The molecule has 126 valence electrons. The first-order chi connectivity index (χ1) is 11.5. The lowest BCUT2D eigenvalue weighted by Crippen LogP contribution is -2.37. The average Bonchev–Trinajstić information content (AvgIpc) is 2.59. The van der Waals surface area contributed by atoms with E-state index in [1.165, 1.54) is 3.57 Å². The van der Waals surface area contributed by atoms with E-state index >= 15 is 0 Å². The molecule has 5 heteroatoms. The zero-order chi connectivity index (χ0) is 17.5. The van der Waals surface area contributed by atoms with Crippen LogP contribution in [0.2, 0.25) is 0 Å². The smallest absolute Gasteiger partial charge is 0.262 e. The van der Waals surface area contributed by atoms with Crippen LogP contribution in [0.3, 0.4) is 0 Å². The molecule has 0 saturated heterocycles. The van der Waals surface area contributed by atoms with Gasteiger partial charge in [0.05, 0.1) is 5.71 Å². The number of carbonyl (C=O) groups excluding carboxylic acids is 1. The van der Waals surface area contributed by atoms with Crippen molar-refractivity contribution in [1.82, 2.24) is 5.43 Å². The number of benzene rings is 2. The maximum Gasteiger partial charge on any atom is 0.262 e. The summed E-state index contributed by atoms with van der Waals surface area (Å²) < 4.78 is 1.18. The van der Waals surface area contributed by atoms with E-state index in [0.717, 1.165) is 22.5 Å². The molecule has 0 fully saturated rings. The van der Waals surface area contributed by atoms with Gasteiger partial charge in [0.25, 0.3) is 5.91 Å². The molecule has 0 unspecified atom stereocenters. The highest BCUT2D eigenvalue weighted by Gasteiger charge is 2.16. The van der Waals surface area contributed by atoms with Gasteiger partial charge in [0, 0.05) is 9.26 Å². The molecule has 0 bridgehead atoms. The SMILES string of the molecule is CC[C@H](Nc1ccc(I)cc1C)C(=O)N/N=C(\C)c1ccccc1. The molecule has 1 atom stereocenters. The molecule has 1 amide bonds. The lowest BCUT2D eigenvalue weighted by Gasteiger charge is -2.18. The molecule has 24 heavy (non-hydrogen) atoms. The van der Waals surface area contributed by atoms with Gasteiger partial charge in [-0.05, 0) is 72.2 Å². The number of anilines is 1. The number of hydrogen-bond acceptors (Lipinski definition) is 3. The third-order valence-corrected chi connectivity index (χ3v) is 4.44. The largest absolute Gasteiger partial charge is 0.373 e. The molecule has 0 aliphatic carbocycles. The predicted molar refractivity (Wildman–Crippen MR) is 108 cm³/mol. The Kier molecular flexibility index (Phi) is 6.78. The number of aryl methyl sites for hydroxylation is 1. The maximum absolute atomic E-state index is 12.4. The van der Waals surface area contributed by atoms with E-state index in [2.05, 4.69) is 44.5 Å². The molecule has 2 aromatic rings. The molecule has 0 aliphatic heterocycles. The summed E-state index contributed by atoms with van der Waals surface area (Å²) in [4.78, 5) is 12.4. The number of nitrogens with one attached hydrogen (secondary N) is 2. The monoisotopic (exact) mass is 435 g/mol. The minimum absolute atomic E-state index is 0.134. The molecule has 2 rings (SSSR count). The van der Waals surface area contributed by atoms with Gasteiger partial charge in [-0.25, -0.2) is 5.43 Å². The van der Waals surface area contributed by atoms with Gasteiger partial charge in [-0.15, -0.1) is 0 Å². The van der Waals surface area contributed by atoms with Crippen molar-refractivity contribution in [3.8, 4) is 0 Å². The molecule has 0 aromatic heterocycles. The highest BCUT2D eigenvalue weighted by atomic mass is 127. The molecule has 2 N–H and O–H groups in total. The summed E-state index contributed by atoms with van der Waals surface area (Å²) in [6, 6.07) is 15.6. The van der Waals surface area contributed by atoms with Crippen LogP contribution in [0.15, 0.2) is 53.6 Å². The molecule has 2 aromatic carbocycles. The summed E-state index contributed by atoms with van der Waals surface area (Å²) in [5.74, 6) is -0.134. The Morgan fingerprint density at radius 1 is 1.21 bits per heavy atom. The van der Waals surface area contributed by atoms with E-state index in [1.807, 2.05) is 63.2 Å². The molecule has 0 saturated carbocycles. The van der Waals surface area contributed by atoms with Crippen molar-refractivity contribution < 1.29 is 4.79 Å². The standard InChI is InChI=1S/C19H22IN3O/c1-4-17(21-18-11-10-16(20)12-13(18)2)19(24)23-22-14(3)15-8-6-5-7-9-15/h5-12,17,21H,4H2,1-3H3,(H,23,24)/b22-14+/t17-/m0/s1. The average molecular weight is 435 g/mol. The van der Waals surface area contributed by atoms with E-state index in [0.29, 0.717) is 6.42 Å². The summed E-state index contributed by atoms with van der Waals surface area (Å²) >= 11 is 2.28. The number of hydrazone groups is 1. The molecule has 0 heterocycles. The normalized spacial score (nSPS) is 12.6. The van der Waals surface area contributed by atoms with Crippen LogP contribution < -0.4 is 10.7 Å². The molecule has 0 radical (unpaired) electrons. The second-order valence-electron chi connectivity index (χ2n) is 5.60. The highest BCUT2D eigenvalue weighted by molar-refractivity contribution is 14.1. The maximum atomic E-state index is 12.4. The summed E-state index contributed by atoms with van der Waals surface area (Å²) in [6.45, 7) is 5.90. The Labute approximate surface area is 156 Å². The Hall–Kier alpha value is -1.89. The van der Waals surface area contributed by atoms with Crippen molar-refractivity contribution in [3.63, 3.8) is 0 Å². The molecule has 4 nitrogen and oxygen atoms in total. The zero-order valence-electron chi connectivity index (χ0n) is 14.1. The first-order valence-electron chi connectivity index (χ1n) is 7.93. The number of amides is 1. The zero-order valence-corrected chi connectivity index (χ0v) is 16.3. The van der Waals surface area contributed by atoms with Gasteiger partial charge in [0.15, 0.2) is 0 Å². The third-order valence-electron chi connectivity index (χ3n) is 3.77. The first kappa shape index (κ1) is 18.4. The van der Waals surface area contributed by atoms with Crippen molar-refractivity contribution in [1.29, 1.82) is 0 Å². The van der Waals surface area contributed by atoms with Crippen LogP contribution in [0, 0.1) is 10.5 Å². The van der Waals surface area contributed by atoms with Crippen LogP contribution in [0.1, 0.15) is 31.4 Å². The highest BCUT2D eigenvalue weighted by Crippen LogP contribution is 2.19. The van der Waals surface area contributed by atoms with Gasteiger partial charge in [0.2, 0.25) is 0 Å². The molecular formula is C19H22IN3O. The Bertz CT molecular complexity index is 729. The molecule has 0 spiro atoms. The third kappa shape index (κ3) is 5.06. The van der Waals surface area contributed by atoms with E-state index in [-0.39, 0.29) is 11.9 Å². The summed E-state index contributed by atoms with van der Waals surface area (Å²) in [5.41, 5.74) is 6.54. The second kappa shape index (κ2) is 8.82. The summed E-state index contributed by atoms with van der Waals surface area (Å²) in [5, 5.41) is 7.52. The van der Waals surface area contributed by atoms with E-state index in [9.17, 15) is 4.79 Å². The fourth-order valence-corrected chi connectivity index (χ4v) is 2.94. The molecule has 0 aliphatic rings. The van der Waals surface area contributed by atoms with E-state index in [1.54, 1.807) is 0 Å². The van der Waals surface area contributed by atoms with Crippen LogP contribution in [0.4, 0.5) is 5.69 Å². The first-order valence-corrected chi connectivity index (χ1v) is 9.01. The van der Waals surface area contributed by atoms with Crippen molar-refractivity contribution in [3.05, 3.63) is 63.2 Å². The Morgan fingerprint density at radius 3 is 2.54 bits per heavy atom. The van der Waals surface area contributed by atoms with Gasteiger partial charge in [-0.3, -0.25) is 4.79 Å². The van der Waals surface area contributed by atoms with Crippen LogP contribution >= 0.6 is 22.6 Å². The summed E-state index contributed by atoms with van der Waals surface area (Å²) in [7, 11) is 0. The second-order valence-corrected chi connectivity index (χ2v) is 6.85. The topological polar surface area (TPSA) is 53.5 Å². The number of hydrogen-bond donors (Lipinski definition) is 2. The minimum Gasteiger partial charge on any atom is -0.373 e. The lowest BCUT2D eigenvalue weighted by atomic mass is 10.1. The van der Waals surface area contributed by atoms with Crippen molar-refractivity contribution in [2.45, 2.75) is 33.2 Å². The van der Waals surface area contributed by atoms with Gasteiger partial charge >= 0.3 is 0 Å². The van der Waals surface area contributed by atoms with Crippen molar-refractivity contribution in [2.24, 2.45) is 5.10 Å². The lowest BCUT2D eigenvalue weighted by molar-refractivity contribution is -0.121. The van der Waals surface area contributed by atoms with Gasteiger partial charge in [-0.2, -0.15) is 5.10 Å². The Balaban J connectivity index is 2.03. The summed E-state index contributed by atoms with van der Waals surface area (Å²) in [6.07, 6.45) is 0.678. The van der Waals surface area contributed by atoms with Gasteiger partial charge in [-0.1, -0.05) is 37.3 Å². The predicted octanol–water partition coefficient (Wildman–Crippen LogP) is 4.33. The van der Waals surface area contributed by atoms with Crippen LogP contribution in [0.5, 0.6) is 0 Å². The van der Waals surface area contributed by atoms with Gasteiger partial charge < -0.3 is 5.32 Å².